The van der Waals surface area contributed by atoms with Crippen LogP contribution in [0.1, 0.15) is 5.56 Å². The molecule has 2 aromatic carbocycles. The molecule has 1 aliphatic heterocycles. The molecule has 2 aromatic rings. The second-order valence-electron chi connectivity index (χ2n) is 6.38. The smallest absolute Gasteiger partial charge is 0.142 e. The Morgan fingerprint density at radius 2 is 1.64 bits per heavy atom. The lowest BCUT2D eigenvalue weighted by Crippen LogP contribution is -2.48. The molecule has 1 heterocycles. The maximum atomic E-state index is 5.89. The minimum atomic E-state index is -0.0157. The fraction of sp³-hybridized carbons (Fsp3) is 0.381. The summed E-state index contributed by atoms with van der Waals surface area (Å²) in [5, 5.41) is 0. The van der Waals surface area contributed by atoms with Gasteiger partial charge in [0.2, 0.25) is 0 Å². The van der Waals surface area contributed by atoms with E-state index in [0.29, 0.717) is 6.61 Å². The fourth-order valence-electron chi connectivity index (χ4n) is 3.19. The quantitative estimate of drug-likeness (QED) is 0.773. The molecule has 0 N–H and O–H groups in total. The number of benzene rings is 2. The second-order valence-corrected chi connectivity index (χ2v) is 6.38. The summed E-state index contributed by atoms with van der Waals surface area (Å²) in [4.78, 5) is 4.81. The highest BCUT2D eigenvalue weighted by atomic mass is 16.5. The molecular formula is C21H27N2O2. The molecule has 0 amide bonds. The van der Waals surface area contributed by atoms with Gasteiger partial charge in [0, 0.05) is 32.7 Å². The van der Waals surface area contributed by atoms with Crippen LogP contribution in [0, 0.1) is 6.92 Å². The van der Waals surface area contributed by atoms with E-state index in [0.717, 1.165) is 38.5 Å². The molecule has 4 nitrogen and oxygen atoms in total. The van der Waals surface area contributed by atoms with E-state index in [1.807, 2.05) is 30.3 Å². The molecule has 3 rings (SSSR count). The minimum Gasteiger partial charge on any atom is -0.495 e. The molecule has 1 fully saturated rings. The van der Waals surface area contributed by atoms with E-state index in [1.54, 1.807) is 7.11 Å². The summed E-state index contributed by atoms with van der Waals surface area (Å²) in [6.07, 6.45) is -0.0157. The summed E-state index contributed by atoms with van der Waals surface area (Å²) in [6.45, 7) is 9.65. The Balaban J connectivity index is 1.44. The molecule has 1 atom stereocenters. The van der Waals surface area contributed by atoms with Crippen molar-refractivity contribution in [2.45, 2.75) is 12.7 Å². The van der Waals surface area contributed by atoms with Gasteiger partial charge in [-0.05, 0) is 24.6 Å². The van der Waals surface area contributed by atoms with Crippen molar-refractivity contribution in [3.8, 4) is 5.75 Å². The minimum absolute atomic E-state index is 0.0157. The van der Waals surface area contributed by atoms with Gasteiger partial charge in [0.15, 0.2) is 0 Å². The SMILES string of the molecule is [CH2]C(CN1CCN(c2ccccc2OC)CC1)OCc1ccccc1. The highest BCUT2D eigenvalue weighted by molar-refractivity contribution is 5.58. The number of hydrogen-bond acceptors (Lipinski definition) is 4. The zero-order valence-corrected chi connectivity index (χ0v) is 14.9. The molecule has 25 heavy (non-hydrogen) atoms. The summed E-state index contributed by atoms with van der Waals surface area (Å²) in [7, 11) is 1.73. The number of para-hydroxylation sites is 2. The van der Waals surface area contributed by atoms with Crippen molar-refractivity contribution >= 4 is 5.69 Å². The first-order chi connectivity index (χ1) is 12.3. The van der Waals surface area contributed by atoms with Crippen molar-refractivity contribution in [2.75, 3.05) is 44.7 Å². The predicted octanol–water partition coefficient (Wildman–Crippen LogP) is 3.24. The number of ether oxygens (including phenoxy) is 2. The van der Waals surface area contributed by atoms with E-state index in [-0.39, 0.29) is 6.10 Å². The van der Waals surface area contributed by atoms with Crippen LogP contribution in [0.5, 0.6) is 5.75 Å². The van der Waals surface area contributed by atoms with Gasteiger partial charge in [-0.3, -0.25) is 4.90 Å². The van der Waals surface area contributed by atoms with Gasteiger partial charge in [0.05, 0.1) is 25.5 Å². The van der Waals surface area contributed by atoms with Crippen LogP contribution in [-0.2, 0) is 11.3 Å². The number of methoxy groups -OCH3 is 1. The lowest BCUT2D eigenvalue weighted by atomic mass is 10.2. The van der Waals surface area contributed by atoms with Gasteiger partial charge in [-0.25, -0.2) is 0 Å². The Kier molecular flexibility index (Phi) is 6.31. The number of rotatable bonds is 7. The van der Waals surface area contributed by atoms with Crippen molar-refractivity contribution < 1.29 is 9.47 Å². The number of piperazine rings is 1. The lowest BCUT2D eigenvalue weighted by molar-refractivity contribution is 0.0412. The monoisotopic (exact) mass is 339 g/mol. The van der Waals surface area contributed by atoms with Gasteiger partial charge < -0.3 is 14.4 Å². The lowest BCUT2D eigenvalue weighted by Gasteiger charge is -2.37. The average Bonchev–Trinajstić information content (AvgIpc) is 2.68. The third-order valence-electron chi connectivity index (χ3n) is 4.59. The van der Waals surface area contributed by atoms with Gasteiger partial charge in [-0.15, -0.1) is 0 Å². The Morgan fingerprint density at radius 3 is 2.36 bits per heavy atom. The maximum Gasteiger partial charge on any atom is 0.142 e. The van der Waals surface area contributed by atoms with Gasteiger partial charge >= 0.3 is 0 Å². The Hall–Kier alpha value is -2.04. The van der Waals surface area contributed by atoms with Crippen LogP contribution in [0.15, 0.2) is 54.6 Å². The summed E-state index contributed by atoms with van der Waals surface area (Å²) >= 11 is 0. The van der Waals surface area contributed by atoms with Crippen LogP contribution >= 0.6 is 0 Å². The average molecular weight is 339 g/mol. The molecule has 1 saturated heterocycles. The topological polar surface area (TPSA) is 24.9 Å². The van der Waals surface area contributed by atoms with E-state index < -0.39 is 0 Å². The summed E-state index contributed by atoms with van der Waals surface area (Å²) in [5.41, 5.74) is 2.37. The normalized spacial score (nSPS) is 16.6. The Labute approximate surface area is 151 Å². The predicted molar refractivity (Wildman–Crippen MR) is 102 cm³/mol. The zero-order chi connectivity index (χ0) is 17.5. The third kappa shape index (κ3) is 4.97. The van der Waals surface area contributed by atoms with Crippen LogP contribution in [0.4, 0.5) is 5.69 Å². The van der Waals surface area contributed by atoms with Gasteiger partial charge in [0.1, 0.15) is 5.75 Å². The summed E-state index contributed by atoms with van der Waals surface area (Å²) in [6, 6.07) is 18.5. The standard InChI is InChI=1S/C21H27N2O2/c1-18(25-17-19-8-4-3-5-9-19)16-22-12-14-23(15-13-22)20-10-6-7-11-21(20)24-2/h3-11,18H,1,12-17H2,2H3. The maximum absolute atomic E-state index is 5.89. The van der Waals surface area contributed by atoms with E-state index in [9.17, 15) is 0 Å². The van der Waals surface area contributed by atoms with Crippen molar-refractivity contribution in [2.24, 2.45) is 0 Å². The molecule has 1 radical (unpaired) electrons. The molecule has 4 heteroatoms. The molecule has 0 bridgehead atoms. The largest absolute Gasteiger partial charge is 0.495 e. The summed E-state index contributed by atoms with van der Waals surface area (Å²) < 4.78 is 11.4. The first-order valence-electron chi connectivity index (χ1n) is 8.85. The molecule has 1 unspecified atom stereocenters. The number of hydrogen-bond donors (Lipinski definition) is 0. The molecular weight excluding hydrogens is 312 g/mol. The van der Waals surface area contributed by atoms with Crippen LogP contribution in [0.25, 0.3) is 0 Å². The molecule has 0 aliphatic carbocycles. The summed E-state index contributed by atoms with van der Waals surface area (Å²) in [5.74, 6) is 0.942. The van der Waals surface area contributed by atoms with Gasteiger partial charge in [-0.2, -0.15) is 0 Å². The molecule has 133 valence electrons. The number of nitrogens with zero attached hydrogens (tertiary/aromatic N) is 2. The second kappa shape index (κ2) is 8.88. The van der Waals surface area contributed by atoms with Crippen molar-refractivity contribution in [3.05, 3.63) is 67.1 Å². The van der Waals surface area contributed by atoms with Gasteiger partial charge in [0.25, 0.3) is 0 Å². The first kappa shape index (κ1) is 17.8. The Morgan fingerprint density at radius 1 is 0.960 bits per heavy atom. The Bertz CT molecular complexity index is 639. The van der Waals surface area contributed by atoms with E-state index in [4.69, 9.17) is 9.47 Å². The molecule has 0 saturated carbocycles. The van der Waals surface area contributed by atoms with Crippen molar-refractivity contribution in [1.82, 2.24) is 4.90 Å². The van der Waals surface area contributed by atoms with E-state index >= 15 is 0 Å². The number of anilines is 1. The van der Waals surface area contributed by atoms with Crippen molar-refractivity contribution in [1.29, 1.82) is 0 Å². The fourth-order valence-corrected chi connectivity index (χ4v) is 3.19. The first-order valence-corrected chi connectivity index (χ1v) is 8.85. The zero-order valence-electron chi connectivity index (χ0n) is 14.9. The van der Waals surface area contributed by atoms with Crippen LogP contribution in [0.3, 0.4) is 0 Å². The van der Waals surface area contributed by atoms with Crippen LogP contribution < -0.4 is 9.64 Å². The third-order valence-corrected chi connectivity index (χ3v) is 4.59. The van der Waals surface area contributed by atoms with Crippen LogP contribution in [0.2, 0.25) is 0 Å². The van der Waals surface area contributed by atoms with E-state index in [2.05, 4.69) is 41.0 Å². The highest BCUT2D eigenvalue weighted by Gasteiger charge is 2.20. The van der Waals surface area contributed by atoms with Crippen molar-refractivity contribution in [3.63, 3.8) is 0 Å². The van der Waals surface area contributed by atoms with Crippen LogP contribution in [-0.4, -0.2) is 50.8 Å². The van der Waals surface area contributed by atoms with E-state index in [1.165, 1.54) is 11.3 Å². The molecule has 0 spiro atoms. The van der Waals surface area contributed by atoms with Gasteiger partial charge in [-0.1, -0.05) is 42.5 Å². The highest BCUT2D eigenvalue weighted by Crippen LogP contribution is 2.28. The molecule has 1 aliphatic rings. The molecule has 0 aromatic heterocycles.